The second-order valence-corrected chi connectivity index (χ2v) is 8.64. The fourth-order valence-electron chi connectivity index (χ4n) is 1.98. The van der Waals surface area contributed by atoms with Crippen LogP contribution in [0.1, 0.15) is 35.1 Å². The normalized spacial score (nSPS) is 12.5. The quantitative estimate of drug-likeness (QED) is 0.602. The molecule has 2 nitrogen and oxygen atoms in total. The molecule has 6 heteroatoms. The van der Waals surface area contributed by atoms with Crippen LogP contribution >= 0.6 is 54.8 Å². The summed E-state index contributed by atoms with van der Waals surface area (Å²) in [4.78, 5) is 13.1. The molecule has 0 saturated carbocycles. The maximum Gasteiger partial charge on any atom is 0.261 e. The van der Waals surface area contributed by atoms with E-state index >= 15 is 0 Å². The van der Waals surface area contributed by atoms with Crippen LogP contribution in [0.5, 0.6) is 0 Å². The second kappa shape index (κ2) is 7.27. The van der Waals surface area contributed by atoms with E-state index in [9.17, 15) is 4.79 Å². The Bertz CT molecular complexity index is 620. The van der Waals surface area contributed by atoms with Crippen molar-refractivity contribution in [3.63, 3.8) is 0 Å². The highest BCUT2D eigenvalue weighted by Crippen LogP contribution is 2.33. The number of hydrogen-bond donors (Lipinski definition) is 1. The molecule has 21 heavy (non-hydrogen) atoms. The molecule has 0 radical (unpaired) electrons. The molecular formula is C15H14Br2ClNOS. The van der Waals surface area contributed by atoms with E-state index in [-0.39, 0.29) is 17.9 Å². The van der Waals surface area contributed by atoms with E-state index in [4.69, 9.17) is 11.6 Å². The van der Waals surface area contributed by atoms with E-state index in [1.165, 1.54) is 11.3 Å². The molecule has 0 aliphatic rings. The van der Waals surface area contributed by atoms with Crippen LogP contribution in [0, 0.1) is 5.92 Å². The van der Waals surface area contributed by atoms with Gasteiger partial charge in [0.15, 0.2) is 0 Å². The fraction of sp³-hybridized carbons (Fsp3) is 0.267. The molecule has 0 saturated heterocycles. The van der Waals surface area contributed by atoms with Crippen LogP contribution in [0.3, 0.4) is 0 Å². The molecule has 1 amide bonds. The van der Waals surface area contributed by atoms with Crippen molar-refractivity contribution in [3.8, 4) is 0 Å². The first kappa shape index (κ1) is 17.0. The van der Waals surface area contributed by atoms with Gasteiger partial charge in [-0.15, -0.1) is 11.3 Å². The summed E-state index contributed by atoms with van der Waals surface area (Å²) >= 11 is 14.1. The molecular weight excluding hydrogens is 437 g/mol. The third kappa shape index (κ3) is 4.31. The third-order valence-electron chi connectivity index (χ3n) is 3.05. The summed E-state index contributed by atoms with van der Waals surface area (Å²) in [5, 5.41) is 3.79. The van der Waals surface area contributed by atoms with E-state index in [0.29, 0.717) is 9.90 Å². The van der Waals surface area contributed by atoms with Gasteiger partial charge in [0.25, 0.3) is 5.91 Å². The molecule has 112 valence electrons. The van der Waals surface area contributed by atoms with Gasteiger partial charge in [-0.2, -0.15) is 0 Å². The lowest BCUT2D eigenvalue weighted by atomic mass is 9.96. The predicted octanol–water partition coefficient (Wildman–Crippen LogP) is 6.05. The number of amides is 1. The Kier molecular flexibility index (Phi) is 5.88. The number of rotatable bonds is 4. The average molecular weight is 452 g/mol. The van der Waals surface area contributed by atoms with Crippen molar-refractivity contribution in [2.75, 3.05) is 0 Å². The lowest BCUT2D eigenvalue weighted by molar-refractivity contribution is 0.0929. The Morgan fingerprint density at radius 1 is 1.24 bits per heavy atom. The summed E-state index contributed by atoms with van der Waals surface area (Å²) in [5.74, 6) is 0.210. The molecule has 0 aliphatic heterocycles. The molecule has 0 bridgehead atoms. The van der Waals surface area contributed by atoms with Gasteiger partial charge < -0.3 is 5.32 Å². The maximum absolute atomic E-state index is 12.4. The summed E-state index contributed by atoms with van der Waals surface area (Å²) in [7, 11) is 0. The van der Waals surface area contributed by atoms with Gasteiger partial charge in [0, 0.05) is 9.50 Å². The SMILES string of the molecule is CC(C)C(NC(=O)c1cc(Br)c(Br)s1)c1ccc(Cl)cc1. The average Bonchev–Trinajstić information content (AvgIpc) is 2.77. The van der Waals surface area contributed by atoms with Gasteiger partial charge in [0.05, 0.1) is 14.7 Å². The second-order valence-electron chi connectivity index (χ2n) is 4.98. The minimum Gasteiger partial charge on any atom is -0.344 e. The summed E-state index contributed by atoms with van der Waals surface area (Å²) in [6, 6.07) is 9.37. The van der Waals surface area contributed by atoms with Crippen LogP contribution in [0.15, 0.2) is 38.6 Å². The Morgan fingerprint density at radius 3 is 2.33 bits per heavy atom. The Morgan fingerprint density at radius 2 is 1.86 bits per heavy atom. The minimum absolute atomic E-state index is 0.0468. The molecule has 0 spiro atoms. The van der Waals surface area contributed by atoms with Gasteiger partial charge in [0.1, 0.15) is 0 Å². The van der Waals surface area contributed by atoms with Gasteiger partial charge in [-0.1, -0.05) is 37.6 Å². The molecule has 1 heterocycles. The van der Waals surface area contributed by atoms with Gasteiger partial charge >= 0.3 is 0 Å². The molecule has 1 atom stereocenters. The first-order valence-corrected chi connectivity index (χ1v) is 9.17. The van der Waals surface area contributed by atoms with Crippen LogP contribution in [0.2, 0.25) is 5.02 Å². The summed E-state index contributed by atoms with van der Waals surface area (Å²) in [6.45, 7) is 4.17. The van der Waals surface area contributed by atoms with Gasteiger partial charge in [-0.05, 0) is 61.5 Å². The summed E-state index contributed by atoms with van der Waals surface area (Å²) in [6.07, 6.45) is 0. The van der Waals surface area contributed by atoms with Crippen LogP contribution in [-0.2, 0) is 0 Å². The Balaban J connectivity index is 2.20. The first-order chi connectivity index (χ1) is 9.88. The van der Waals surface area contributed by atoms with E-state index in [2.05, 4.69) is 51.0 Å². The van der Waals surface area contributed by atoms with Crippen molar-refractivity contribution in [2.45, 2.75) is 19.9 Å². The predicted molar refractivity (Wildman–Crippen MR) is 96.2 cm³/mol. The van der Waals surface area contributed by atoms with Gasteiger partial charge in [-0.3, -0.25) is 4.79 Å². The van der Waals surface area contributed by atoms with Crippen LogP contribution in [0.25, 0.3) is 0 Å². The standard InChI is InChI=1S/C15H14Br2ClNOS/c1-8(2)13(9-3-5-10(18)6-4-9)19-15(20)12-7-11(16)14(17)21-12/h3-8,13H,1-2H3,(H,19,20). The zero-order chi connectivity index (χ0) is 15.6. The Labute approximate surface area is 150 Å². The smallest absolute Gasteiger partial charge is 0.261 e. The van der Waals surface area contributed by atoms with Gasteiger partial charge in [0.2, 0.25) is 0 Å². The first-order valence-electron chi connectivity index (χ1n) is 6.39. The van der Waals surface area contributed by atoms with Crippen LogP contribution in [0.4, 0.5) is 0 Å². The molecule has 1 unspecified atom stereocenters. The minimum atomic E-state index is -0.0694. The van der Waals surface area contributed by atoms with Crippen molar-refractivity contribution in [3.05, 3.63) is 54.1 Å². The summed E-state index contributed by atoms with van der Waals surface area (Å²) in [5.41, 5.74) is 1.05. The number of hydrogen-bond acceptors (Lipinski definition) is 2. The lowest BCUT2D eigenvalue weighted by Gasteiger charge is -2.22. The van der Waals surface area contributed by atoms with E-state index in [0.717, 1.165) is 13.8 Å². The van der Waals surface area contributed by atoms with Gasteiger partial charge in [-0.25, -0.2) is 0 Å². The zero-order valence-electron chi connectivity index (χ0n) is 11.5. The lowest BCUT2D eigenvalue weighted by Crippen LogP contribution is -2.31. The largest absolute Gasteiger partial charge is 0.344 e. The number of carbonyl (C=O) groups excluding carboxylic acids is 1. The van der Waals surface area contributed by atoms with E-state index in [1.807, 2.05) is 30.3 Å². The van der Waals surface area contributed by atoms with Crippen LogP contribution < -0.4 is 5.32 Å². The Hall–Kier alpha value is -0.360. The highest BCUT2D eigenvalue weighted by molar-refractivity contribution is 9.13. The van der Waals surface area contributed by atoms with Crippen molar-refractivity contribution in [1.82, 2.24) is 5.32 Å². The van der Waals surface area contributed by atoms with Crippen molar-refractivity contribution in [2.24, 2.45) is 5.92 Å². The maximum atomic E-state index is 12.4. The number of halogens is 3. The van der Waals surface area contributed by atoms with Crippen molar-refractivity contribution in [1.29, 1.82) is 0 Å². The number of benzene rings is 1. The number of thiophene rings is 1. The molecule has 1 N–H and O–H groups in total. The van der Waals surface area contributed by atoms with E-state index < -0.39 is 0 Å². The molecule has 1 aromatic carbocycles. The van der Waals surface area contributed by atoms with E-state index in [1.54, 1.807) is 0 Å². The van der Waals surface area contributed by atoms with Crippen molar-refractivity contribution < 1.29 is 4.79 Å². The monoisotopic (exact) mass is 449 g/mol. The third-order valence-corrected chi connectivity index (χ3v) is 6.56. The highest BCUT2D eigenvalue weighted by Gasteiger charge is 2.20. The number of carbonyl (C=O) groups is 1. The molecule has 0 aliphatic carbocycles. The molecule has 2 rings (SSSR count). The molecule has 0 fully saturated rings. The highest BCUT2D eigenvalue weighted by atomic mass is 79.9. The molecule has 1 aromatic heterocycles. The van der Waals surface area contributed by atoms with Crippen molar-refractivity contribution >= 4 is 60.7 Å². The topological polar surface area (TPSA) is 29.1 Å². The zero-order valence-corrected chi connectivity index (χ0v) is 16.2. The number of nitrogens with one attached hydrogen (secondary N) is 1. The fourth-order valence-corrected chi connectivity index (χ4v) is 4.04. The van der Waals surface area contributed by atoms with Crippen LogP contribution in [-0.4, -0.2) is 5.91 Å². The molecule has 2 aromatic rings. The summed E-state index contributed by atoms with van der Waals surface area (Å²) < 4.78 is 1.81.